The highest BCUT2D eigenvalue weighted by Gasteiger charge is 2.25. The monoisotopic (exact) mass is 196 g/mol. The molecule has 0 aromatic rings. The van der Waals surface area contributed by atoms with Gasteiger partial charge in [0, 0.05) is 5.88 Å². The molecular weight excluding hydrogens is 180 g/mol. The van der Waals surface area contributed by atoms with Gasteiger partial charge in [0.25, 0.3) is 0 Å². The highest BCUT2D eigenvalue weighted by Crippen LogP contribution is 2.33. The van der Waals surface area contributed by atoms with Crippen LogP contribution in [0, 0.1) is 5.92 Å². The van der Waals surface area contributed by atoms with E-state index in [4.69, 9.17) is 15.7 Å². The van der Waals surface area contributed by atoms with Crippen LogP contribution in [0.25, 0.3) is 0 Å². The summed E-state index contributed by atoms with van der Waals surface area (Å²) in [6.45, 7) is 6.70. The van der Waals surface area contributed by atoms with Crippen LogP contribution >= 0.6 is 11.6 Å². The second-order valence-corrected chi connectivity index (χ2v) is 8.21. The standard InChI is InChI=1S/C6H17ClOSi2/c1-5(4-7)6(2,3)10-8-9/h5H,4,10H2,1-3,9H3. The Morgan fingerprint density at radius 1 is 1.70 bits per heavy atom. The molecule has 0 aliphatic rings. The molecule has 0 aliphatic carbocycles. The minimum atomic E-state index is -0.332. The van der Waals surface area contributed by atoms with Gasteiger partial charge in [-0.25, -0.2) is 0 Å². The maximum Gasteiger partial charge on any atom is 0.151 e. The molecule has 10 heavy (non-hydrogen) atoms. The molecule has 0 aliphatic heterocycles. The van der Waals surface area contributed by atoms with E-state index in [9.17, 15) is 0 Å². The van der Waals surface area contributed by atoms with E-state index in [-0.39, 0.29) is 9.76 Å². The molecule has 0 rings (SSSR count). The second kappa shape index (κ2) is 4.54. The average molecular weight is 197 g/mol. The Kier molecular flexibility index (Phi) is 4.85. The predicted molar refractivity (Wildman–Crippen MR) is 53.5 cm³/mol. The molecule has 0 radical (unpaired) electrons. The molecule has 62 valence electrons. The van der Waals surface area contributed by atoms with Crippen molar-refractivity contribution in [1.29, 1.82) is 0 Å². The van der Waals surface area contributed by atoms with Crippen LogP contribution in [0.3, 0.4) is 0 Å². The first-order valence-corrected chi connectivity index (χ1v) is 6.23. The first-order valence-electron chi connectivity index (χ1n) is 3.59. The SMILES string of the molecule is CC(CCl)C(C)(C)[SiH2]O[SiH3]. The van der Waals surface area contributed by atoms with Crippen LogP contribution in [0.2, 0.25) is 5.04 Å². The van der Waals surface area contributed by atoms with Gasteiger partial charge >= 0.3 is 0 Å². The van der Waals surface area contributed by atoms with Gasteiger partial charge in [0.15, 0.2) is 9.76 Å². The van der Waals surface area contributed by atoms with Gasteiger partial charge in [0.2, 0.25) is 0 Å². The summed E-state index contributed by atoms with van der Waals surface area (Å²) in [6.07, 6.45) is 0. The van der Waals surface area contributed by atoms with E-state index in [0.29, 0.717) is 11.0 Å². The van der Waals surface area contributed by atoms with E-state index in [1.54, 1.807) is 0 Å². The lowest BCUT2D eigenvalue weighted by Crippen LogP contribution is -2.24. The maximum atomic E-state index is 5.75. The van der Waals surface area contributed by atoms with E-state index < -0.39 is 0 Å². The van der Waals surface area contributed by atoms with Crippen molar-refractivity contribution < 1.29 is 4.12 Å². The Morgan fingerprint density at radius 2 is 2.20 bits per heavy atom. The lowest BCUT2D eigenvalue weighted by molar-refractivity contribution is 0.441. The van der Waals surface area contributed by atoms with E-state index in [1.807, 2.05) is 0 Å². The molecule has 1 atom stereocenters. The number of hydrogen-bond acceptors (Lipinski definition) is 1. The third-order valence-electron chi connectivity index (χ3n) is 2.08. The minimum absolute atomic E-state index is 0.332. The van der Waals surface area contributed by atoms with Crippen molar-refractivity contribution in [2.45, 2.75) is 25.8 Å². The largest absolute Gasteiger partial charge is 0.468 e. The van der Waals surface area contributed by atoms with Gasteiger partial charge in [0.1, 0.15) is 10.5 Å². The van der Waals surface area contributed by atoms with Gasteiger partial charge in [-0.05, 0) is 11.0 Å². The van der Waals surface area contributed by atoms with Gasteiger partial charge in [0.05, 0.1) is 0 Å². The molecule has 1 unspecified atom stereocenters. The van der Waals surface area contributed by atoms with Crippen molar-refractivity contribution in [2.24, 2.45) is 5.92 Å². The summed E-state index contributed by atoms with van der Waals surface area (Å²) in [6, 6.07) is 0. The summed E-state index contributed by atoms with van der Waals surface area (Å²) in [4.78, 5) is 0. The van der Waals surface area contributed by atoms with Gasteiger partial charge in [-0.3, -0.25) is 0 Å². The van der Waals surface area contributed by atoms with Gasteiger partial charge in [-0.1, -0.05) is 20.8 Å². The van der Waals surface area contributed by atoms with E-state index in [2.05, 4.69) is 20.8 Å². The molecule has 0 aromatic carbocycles. The first kappa shape index (κ1) is 10.7. The van der Waals surface area contributed by atoms with Crippen molar-refractivity contribution >= 4 is 31.9 Å². The summed E-state index contributed by atoms with van der Waals surface area (Å²) in [5.41, 5.74) is 0. The summed E-state index contributed by atoms with van der Waals surface area (Å²) in [5.74, 6) is 1.35. The van der Waals surface area contributed by atoms with Crippen LogP contribution in [0.5, 0.6) is 0 Å². The molecule has 0 N–H and O–H groups in total. The molecule has 0 aromatic heterocycles. The van der Waals surface area contributed by atoms with E-state index in [1.165, 1.54) is 0 Å². The van der Waals surface area contributed by atoms with Crippen molar-refractivity contribution in [2.75, 3.05) is 5.88 Å². The number of hydrogen-bond donors (Lipinski definition) is 0. The molecule has 0 saturated carbocycles. The Bertz CT molecular complexity index is 97.7. The van der Waals surface area contributed by atoms with Gasteiger partial charge < -0.3 is 4.12 Å². The topological polar surface area (TPSA) is 9.23 Å². The number of alkyl halides is 1. The van der Waals surface area contributed by atoms with E-state index >= 15 is 0 Å². The van der Waals surface area contributed by atoms with Gasteiger partial charge in [-0.15, -0.1) is 11.6 Å². The zero-order chi connectivity index (χ0) is 8.20. The van der Waals surface area contributed by atoms with Crippen LogP contribution in [-0.2, 0) is 4.12 Å². The van der Waals surface area contributed by atoms with Crippen LogP contribution in [0.15, 0.2) is 0 Å². The summed E-state index contributed by atoms with van der Waals surface area (Å²) >= 11 is 5.75. The normalized spacial score (nSPS) is 16.8. The number of rotatable bonds is 4. The molecule has 0 fully saturated rings. The summed E-state index contributed by atoms with van der Waals surface area (Å²) < 4.78 is 5.35. The van der Waals surface area contributed by atoms with E-state index in [0.717, 1.165) is 16.4 Å². The fourth-order valence-corrected chi connectivity index (χ4v) is 4.73. The Balaban J connectivity index is 3.82. The highest BCUT2D eigenvalue weighted by atomic mass is 35.5. The minimum Gasteiger partial charge on any atom is -0.468 e. The summed E-state index contributed by atoms with van der Waals surface area (Å²) in [7, 11) is 0.555. The van der Waals surface area contributed by atoms with Crippen LogP contribution in [0.4, 0.5) is 0 Å². The van der Waals surface area contributed by atoms with Crippen molar-refractivity contribution in [3.05, 3.63) is 0 Å². The molecular formula is C6H17ClOSi2. The fourth-order valence-electron chi connectivity index (χ4n) is 0.723. The van der Waals surface area contributed by atoms with Crippen molar-refractivity contribution in [3.8, 4) is 0 Å². The zero-order valence-corrected chi connectivity index (χ0v) is 11.4. The Labute approximate surface area is 74.0 Å². The van der Waals surface area contributed by atoms with Crippen LogP contribution in [0.1, 0.15) is 20.8 Å². The third-order valence-corrected chi connectivity index (χ3v) is 5.14. The lowest BCUT2D eigenvalue weighted by Gasteiger charge is -2.28. The fraction of sp³-hybridized carbons (Fsp3) is 1.00. The first-order chi connectivity index (χ1) is 4.54. The third kappa shape index (κ3) is 3.19. The van der Waals surface area contributed by atoms with Crippen LogP contribution < -0.4 is 0 Å². The van der Waals surface area contributed by atoms with Crippen molar-refractivity contribution in [1.82, 2.24) is 0 Å². The lowest BCUT2D eigenvalue weighted by atomic mass is 9.99. The van der Waals surface area contributed by atoms with Crippen molar-refractivity contribution in [3.63, 3.8) is 0 Å². The predicted octanol–water partition coefficient (Wildman–Crippen LogP) is 0.441. The molecule has 4 heteroatoms. The smallest absolute Gasteiger partial charge is 0.151 e. The Hall–Kier alpha value is 0.684. The summed E-state index contributed by atoms with van der Waals surface area (Å²) in [5, 5.41) is 0.378. The second-order valence-electron chi connectivity index (χ2n) is 3.48. The quantitative estimate of drug-likeness (QED) is 0.469. The van der Waals surface area contributed by atoms with Gasteiger partial charge in [-0.2, -0.15) is 0 Å². The number of halogens is 1. The zero-order valence-electron chi connectivity index (χ0n) is 7.28. The average Bonchev–Trinajstić information content (AvgIpc) is 1.86. The molecule has 0 bridgehead atoms. The maximum absolute atomic E-state index is 5.75. The molecule has 0 heterocycles. The molecule has 1 nitrogen and oxygen atoms in total. The highest BCUT2D eigenvalue weighted by molar-refractivity contribution is 6.38. The van der Waals surface area contributed by atoms with Crippen LogP contribution in [-0.4, -0.2) is 26.1 Å². The molecule has 0 amide bonds. The molecule has 0 saturated heterocycles. The Morgan fingerprint density at radius 3 is 2.50 bits per heavy atom. The molecule has 0 spiro atoms.